The van der Waals surface area contributed by atoms with Gasteiger partial charge in [-0.1, -0.05) is 6.07 Å². The third-order valence-electron chi connectivity index (χ3n) is 2.12. The first-order valence-electron chi connectivity index (χ1n) is 4.80. The molecule has 1 aromatic rings. The Balaban J connectivity index is 3.50. The number of rotatable bonds is 3. The van der Waals surface area contributed by atoms with E-state index in [0.717, 1.165) is 13.2 Å². The van der Waals surface area contributed by atoms with E-state index in [-0.39, 0.29) is 11.4 Å². The van der Waals surface area contributed by atoms with Gasteiger partial charge in [0.1, 0.15) is 11.6 Å². The average molecular weight is 294 g/mol. The van der Waals surface area contributed by atoms with Crippen LogP contribution in [0.25, 0.3) is 0 Å². The predicted octanol–water partition coefficient (Wildman–Crippen LogP) is 2.98. The van der Waals surface area contributed by atoms with Crippen LogP contribution < -0.4 is 4.74 Å². The molecule has 0 heterocycles. The number of methoxy groups -OCH3 is 1. The van der Waals surface area contributed by atoms with E-state index >= 15 is 0 Å². The second-order valence-corrected chi connectivity index (χ2v) is 3.53. The van der Waals surface area contributed by atoms with Gasteiger partial charge < -0.3 is 9.47 Å². The number of halogens is 4. The van der Waals surface area contributed by atoms with Crippen LogP contribution in [0.4, 0.5) is 13.2 Å². The minimum atomic E-state index is -5.04. The predicted molar refractivity (Wildman–Crippen MR) is 58.7 cm³/mol. The summed E-state index contributed by atoms with van der Waals surface area (Å²) in [5.41, 5.74) is -0.823. The number of carbonyl (C=O) groups is 1. The van der Waals surface area contributed by atoms with E-state index in [0.29, 0.717) is 0 Å². The van der Waals surface area contributed by atoms with Crippen LogP contribution in [-0.4, -0.2) is 19.4 Å². The second kappa shape index (κ2) is 5.80. The Morgan fingerprint density at radius 2 is 2.11 bits per heavy atom. The number of hydrogen-bond acceptors (Lipinski definition) is 4. The minimum absolute atomic E-state index is 0.121. The lowest BCUT2D eigenvalue weighted by Gasteiger charge is -2.15. The van der Waals surface area contributed by atoms with Gasteiger partial charge in [0.05, 0.1) is 12.7 Å². The molecule has 0 aromatic heterocycles. The molecular weight excluding hydrogens is 287 g/mol. The molecule has 0 aliphatic heterocycles. The molecule has 8 heteroatoms. The summed E-state index contributed by atoms with van der Waals surface area (Å²) < 4.78 is 45.0. The van der Waals surface area contributed by atoms with E-state index in [2.05, 4.69) is 9.47 Å². The average Bonchev–Trinajstić information content (AvgIpc) is 2.35. The van der Waals surface area contributed by atoms with Gasteiger partial charge in [0.2, 0.25) is 0 Å². The fourth-order valence-electron chi connectivity index (χ4n) is 1.35. The molecule has 0 aliphatic rings. The lowest BCUT2D eigenvalue weighted by Crippen LogP contribution is -2.20. The first-order valence-corrected chi connectivity index (χ1v) is 5.33. The molecule has 0 radical (unpaired) electrons. The standard InChI is InChI=1S/C11H7ClF3NO3/c1-18-10(17)7-3-2-6(4-12)8(5-16)9(7)19-11(13,14)15/h2-3H,4H2,1H3. The first kappa shape index (κ1) is 15.1. The maximum Gasteiger partial charge on any atom is 0.573 e. The van der Waals surface area contributed by atoms with Crippen LogP contribution in [0.15, 0.2) is 12.1 Å². The fraction of sp³-hybridized carbons (Fsp3) is 0.273. The number of nitrogens with zero attached hydrogens (tertiary/aromatic N) is 1. The van der Waals surface area contributed by atoms with E-state index in [1.165, 1.54) is 12.1 Å². The molecule has 1 aromatic carbocycles. The largest absolute Gasteiger partial charge is 0.573 e. The molecular formula is C11H7ClF3NO3. The fourth-order valence-corrected chi connectivity index (χ4v) is 1.57. The van der Waals surface area contributed by atoms with Crippen LogP contribution in [0.1, 0.15) is 21.5 Å². The van der Waals surface area contributed by atoms with E-state index in [4.69, 9.17) is 16.9 Å². The van der Waals surface area contributed by atoms with E-state index in [9.17, 15) is 18.0 Å². The Morgan fingerprint density at radius 3 is 2.53 bits per heavy atom. The van der Waals surface area contributed by atoms with Crippen molar-refractivity contribution in [3.05, 3.63) is 28.8 Å². The Hall–Kier alpha value is -1.94. The molecule has 0 unspecified atom stereocenters. The summed E-state index contributed by atoms with van der Waals surface area (Å²) in [6, 6.07) is 3.87. The number of ether oxygens (including phenoxy) is 2. The Labute approximate surface area is 111 Å². The lowest BCUT2D eigenvalue weighted by atomic mass is 10.0. The zero-order chi connectivity index (χ0) is 14.6. The van der Waals surface area contributed by atoms with Gasteiger partial charge in [0.15, 0.2) is 5.75 Å². The van der Waals surface area contributed by atoms with Crippen molar-refractivity contribution in [3.8, 4) is 11.8 Å². The SMILES string of the molecule is COC(=O)c1ccc(CCl)c(C#N)c1OC(F)(F)F. The molecule has 102 valence electrons. The van der Waals surface area contributed by atoms with Crippen molar-refractivity contribution >= 4 is 17.6 Å². The molecule has 0 atom stereocenters. The zero-order valence-electron chi connectivity index (χ0n) is 9.55. The zero-order valence-corrected chi connectivity index (χ0v) is 10.3. The highest BCUT2D eigenvalue weighted by molar-refractivity contribution is 6.17. The van der Waals surface area contributed by atoms with Gasteiger partial charge in [-0.15, -0.1) is 24.8 Å². The number of carbonyl (C=O) groups excluding carboxylic acids is 1. The Morgan fingerprint density at radius 1 is 1.47 bits per heavy atom. The maximum atomic E-state index is 12.3. The van der Waals surface area contributed by atoms with Crippen LogP contribution in [0.2, 0.25) is 0 Å². The third-order valence-corrected chi connectivity index (χ3v) is 2.41. The third kappa shape index (κ3) is 3.51. The molecule has 0 spiro atoms. The quantitative estimate of drug-likeness (QED) is 0.635. The molecule has 0 saturated carbocycles. The van der Waals surface area contributed by atoms with Gasteiger partial charge in [-0.25, -0.2) is 4.79 Å². The molecule has 0 N–H and O–H groups in total. The van der Waals surface area contributed by atoms with E-state index in [1.807, 2.05) is 0 Å². The van der Waals surface area contributed by atoms with Crippen LogP contribution >= 0.6 is 11.6 Å². The highest BCUT2D eigenvalue weighted by Crippen LogP contribution is 2.33. The lowest BCUT2D eigenvalue weighted by molar-refractivity contribution is -0.274. The van der Waals surface area contributed by atoms with Crippen molar-refractivity contribution in [3.63, 3.8) is 0 Å². The summed E-state index contributed by atoms with van der Waals surface area (Å²) >= 11 is 5.52. The van der Waals surface area contributed by atoms with Crippen molar-refractivity contribution in [2.45, 2.75) is 12.2 Å². The summed E-state index contributed by atoms with van der Waals surface area (Å²) in [6.45, 7) is 0. The molecule has 0 saturated heterocycles. The molecule has 19 heavy (non-hydrogen) atoms. The Bertz CT molecular complexity index is 537. The first-order chi connectivity index (χ1) is 8.84. The van der Waals surface area contributed by atoms with Gasteiger partial charge in [-0.05, 0) is 11.6 Å². The topological polar surface area (TPSA) is 59.3 Å². The monoisotopic (exact) mass is 293 g/mol. The van der Waals surface area contributed by atoms with Crippen LogP contribution in [0, 0.1) is 11.3 Å². The van der Waals surface area contributed by atoms with E-state index < -0.39 is 29.2 Å². The number of esters is 1. The minimum Gasteiger partial charge on any atom is -0.465 e. The van der Waals surface area contributed by atoms with Crippen molar-refractivity contribution < 1.29 is 27.4 Å². The van der Waals surface area contributed by atoms with Gasteiger partial charge >= 0.3 is 12.3 Å². The number of nitriles is 1. The second-order valence-electron chi connectivity index (χ2n) is 3.26. The van der Waals surface area contributed by atoms with Crippen LogP contribution in [0.5, 0.6) is 5.75 Å². The normalized spacial score (nSPS) is 10.7. The maximum absolute atomic E-state index is 12.3. The molecule has 1 rings (SSSR count). The summed E-state index contributed by atoms with van der Waals surface area (Å²) in [7, 11) is 1.00. The summed E-state index contributed by atoms with van der Waals surface area (Å²) in [6.07, 6.45) is -5.04. The molecule has 0 bridgehead atoms. The number of alkyl halides is 4. The van der Waals surface area contributed by atoms with Gasteiger partial charge in [-0.3, -0.25) is 0 Å². The molecule has 0 aliphatic carbocycles. The summed E-state index contributed by atoms with van der Waals surface area (Å²) in [4.78, 5) is 11.4. The van der Waals surface area contributed by atoms with Gasteiger partial charge in [0, 0.05) is 5.88 Å². The van der Waals surface area contributed by atoms with Crippen molar-refractivity contribution in [1.29, 1.82) is 5.26 Å². The molecule has 4 nitrogen and oxygen atoms in total. The van der Waals surface area contributed by atoms with E-state index in [1.54, 1.807) is 0 Å². The van der Waals surface area contributed by atoms with Gasteiger partial charge in [-0.2, -0.15) is 5.26 Å². The van der Waals surface area contributed by atoms with Gasteiger partial charge in [0.25, 0.3) is 0 Å². The highest BCUT2D eigenvalue weighted by atomic mass is 35.5. The molecule has 0 fully saturated rings. The number of hydrogen-bond donors (Lipinski definition) is 0. The van der Waals surface area contributed by atoms with Crippen molar-refractivity contribution in [2.75, 3.05) is 7.11 Å². The van der Waals surface area contributed by atoms with Crippen LogP contribution in [-0.2, 0) is 10.6 Å². The van der Waals surface area contributed by atoms with Crippen molar-refractivity contribution in [1.82, 2.24) is 0 Å². The Kier molecular flexibility index (Phi) is 4.62. The highest BCUT2D eigenvalue weighted by Gasteiger charge is 2.35. The van der Waals surface area contributed by atoms with Crippen LogP contribution in [0.3, 0.4) is 0 Å². The smallest absolute Gasteiger partial charge is 0.465 e. The number of benzene rings is 1. The summed E-state index contributed by atoms with van der Waals surface area (Å²) in [5.74, 6) is -2.14. The molecule has 0 amide bonds. The van der Waals surface area contributed by atoms with Crippen molar-refractivity contribution in [2.24, 2.45) is 0 Å². The summed E-state index contributed by atoms with van der Waals surface area (Å²) in [5, 5.41) is 8.90.